The summed E-state index contributed by atoms with van der Waals surface area (Å²) in [6, 6.07) is 13.0. The van der Waals surface area contributed by atoms with Crippen LogP contribution in [0, 0.1) is 5.92 Å². The molecule has 0 saturated heterocycles. The maximum atomic E-state index is 12.5. The second-order valence-corrected chi connectivity index (χ2v) is 7.16. The fourth-order valence-electron chi connectivity index (χ4n) is 2.91. The number of alkyl halides is 3. The Bertz CT molecular complexity index is 758. The largest absolute Gasteiger partial charge is 0.416 e. The summed E-state index contributed by atoms with van der Waals surface area (Å²) in [7, 11) is 0. The van der Waals surface area contributed by atoms with E-state index in [1.54, 1.807) is 0 Å². The molecule has 1 N–H and O–H groups in total. The summed E-state index contributed by atoms with van der Waals surface area (Å²) in [6.45, 7) is 0.423. The van der Waals surface area contributed by atoms with Crippen LogP contribution in [0.3, 0.4) is 0 Å². The number of carbonyl (C=O) groups is 1. The number of hydrogen-bond acceptors (Lipinski definition) is 1. The number of hydrogen-bond donors (Lipinski definition) is 1. The van der Waals surface area contributed by atoms with Gasteiger partial charge in [0.05, 0.1) is 5.56 Å². The van der Waals surface area contributed by atoms with Crippen molar-refractivity contribution in [1.29, 1.82) is 0 Å². The Morgan fingerprint density at radius 3 is 2.52 bits per heavy atom. The van der Waals surface area contributed by atoms with Crippen LogP contribution in [-0.4, -0.2) is 12.5 Å². The molecule has 6 heteroatoms. The van der Waals surface area contributed by atoms with Crippen molar-refractivity contribution in [3.8, 4) is 0 Å². The van der Waals surface area contributed by atoms with Gasteiger partial charge >= 0.3 is 6.18 Å². The van der Waals surface area contributed by atoms with Gasteiger partial charge in [-0.05, 0) is 54.2 Å². The normalized spacial score (nSPS) is 19.5. The van der Waals surface area contributed by atoms with Crippen LogP contribution in [0.25, 0.3) is 0 Å². The lowest BCUT2D eigenvalue weighted by molar-refractivity contribution is -0.137. The van der Waals surface area contributed by atoms with Crippen LogP contribution >= 0.6 is 15.9 Å². The molecule has 25 heavy (non-hydrogen) atoms. The molecule has 0 radical (unpaired) electrons. The summed E-state index contributed by atoms with van der Waals surface area (Å²) in [6.07, 6.45) is -2.97. The van der Waals surface area contributed by atoms with Gasteiger partial charge in [-0.2, -0.15) is 13.2 Å². The number of benzene rings is 2. The minimum Gasteiger partial charge on any atom is -0.356 e. The van der Waals surface area contributed by atoms with Crippen molar-refractivity contribution in [1.82, 2.24) is 5.32 Å². The van der Waals surface area contributed by atoms with E-state index in [0.29, 0.717) is 13.0 Å². The molecule has 132 valence electrons. The topological polar surface area (TPSA) is 29.1 Å². The van der Waals surface area contributed by atoms with Gasteiger partial charge < -0.3 is 5.32 Å². The van der Waals surface area contributed by atoms with Crippen molar-refractivity contribution in [3.63, 3.8) is 0 Å². The van der Waals surface area contributed by atoms with Crippen LogP contribution in [-0.2, 0) is 17.4 Å². The van der Waals surface area contributed by atoms with Gasteiger partial charge in [0, 0.05) is 16.9 Å². The van der Waals surface area contributed by atoms with Crippen molar-refractivity contribution in [2.45, 2.75) is 24.9 Å². The van der Waals surface area contributed by atoms with Gasteiger partial charge in [0.2, 0.25) is 5.91 Å². The van der Waals surface area contributed by atoms with E-state index in [1.165, 1.54) is 12.1 Å². The third kappa shape index (κ3) is 4.63. The molecule has 2 aromatic carbocycles. The van der Waals surface area contributed by atoms with E-state index in [1.807, 2.05) is 24.3 Å². The van der Waals surface area contributed by atoms with Gasteiger partial charge in [-0.1, -0.05) is 40.2 Å². The third-order valence-electron chi connectivity index (χ3n) is 4.40. The van der Waals surface area contributed by atoms with E-state index in [2.05, 4.69) is 21.2 Å². The molecule has 1 aliphatic carbocycles. The molecule has 1 fully saturated rings. The minimum absolute atomic E-state index is 0.0110. The fourth-order valence-corrected chi connectivity index (χ4v) is 3.33. The first-order valence-corrected chi connectivity index (χ1v) is 8.83. The Morgan fingerprint density at radius 1 is 1.16 bits per heavy atom. The molecule has 0 bridgehead atoms. The number of halogens is 4. The van der Waals surface area contributed by atoms with E-state index in [4.69, 9.17) is 0 Å². The highest BCUT2D eigenvalue weighted by atomic mass is 79.9. The Morgan fingerprint density at radius 2 is 1.88 bits per heavy atom. The Kier molecular flexibility index (Phi) is 5.18. The molecule has 0 aromatic heterocycles. The molecule has 2 unspecified atom stereocenters. The predicted molar refractivity (Wildman–Crippen MR) is 93.1 cm³/mol. The second-order valence-electron chi connectivity index (χ2n) is 6.24. The summed E-state index contributed by atoms with van der Waals surface area (Å²) >= 11 is 3.43. The lowest BCUT2D eigenvalue weighted by Crippen LogP contribution is -2.27. The van der Waals surface area contributed by atoms with Crippen molar-refractivity contribution in [2.75, 3.05) is 6.54 Å². The summed E-state index contributed by atoms with van der Waals surface area (Å²) in [5, 5.41) is 2.88. The highest BCUT2D eigenvalue weighted by molar-refractivity contribution is 9.10. The molecule has 0 aliphatic heterocycles. The summed E-state index contributed by atoms with van der Waals surface area (Å²) in [5.74, 6) is 0.252. The van der Waals surface area contributed by atoms with Crippen molar-refractivity contribution in [3.05, 3.63) is 69.7 Å². The van der Waals surface area contributed by atoms with Gasteiger partial charge in [-0.3, -0.25) is 4.79 Å². The average molecular weight is 412 g/mol. The number of rotatable bonds is 5. The monoisotopic (exact) mass is 411 g/mol. The molecule has 1 aliphatic rings. The van der Waals surface area contributed by atoms with E-state index >= 15 is 0 Å². The minimum atomic E-state index is -4.32. The van der Waals surface area contributed by atoms with Crippen LogP contribution < -0.4 is 5.32 Å². The highest BCUT2D eigenvalue weighted by Crippen LogP contribution is 2.47. The van der Waals surface area contributed by atoms with Gasteiger partial charge in [-0.25, -0.2) is 0 Å². The van der Waals surface area contributed by atoms with Gasteiger partial charge in [0.25, 0.3) is 0 Å². The lowest BCUT2D eigenvalue weighted by Gasteiger charge is -2.08. The maximum absolute atomic E-state index is 12.5. The maximum Gasteiger partial charge on any atom is 0.416 e. The van der Waals surface area contributed by atoms with Crippen molar-refractivity contribution < 1.29 is 18.0 Å². The average Bonchev–Trinajstić information content (AvgIpc) is 3.35. The Hall–Kier alpha value is -1.82. The molecule has 1 amide bonds. The number of amides is 1. The molecule has 2 nitrogen and oxygen atoms in total. The zero-order valence-electron chi connectivity index (χ0n) is 13.3. The molecule has 1 saturated carbocycles. The molecule has 3 rings (SSSR count). The first-order valence-electron chi connectivity index (χ1n) is 8.04. The van der Waals surface area contributed by atoms with Crippen LogP contribution in [0.15, 0.2) is 53.0 Å². The Labute approximate surface area is 152 Å². The number of nitrogens with one attached hydrogen (secondary N) is 1. The van der Waals surface area contributed by atoms with Crippen LogP contribution in [0.1, 0.15) is 29.0 Å². The van der Waals surface area contributed by atoms with Gasteiger partial charge in [0.1, 0.15) is 0 Å². The standard InChI is InChI=1S/C19H17BrF3NO/c20-15-3-1-2-13(10-15)16-11-17(16)18(25)24-9-8-12-4-6-14(7-5-12)19(21,22)23/h1-7,10,16-17H,8-9,11H2,(H,24,25). The van der Waals surface area contributed by atoms with Gasteiger partial charge in [0.15, 0.2) is 0 Å². The van der Waals surface area contributed by atoms with Crippen LogP contribution in [0.5, 0.6) is 0 Å². The van der Waals surface area contributed by atoms with E-state index in [9.17, 15) is 18.0 Å². The molecular weight excluding hydrogens is 395 g/mol. The molecule has 0 spiro atoms. The van der Waals surface area contributed by atoms with E-state index in [-0.39, 0.29) is 17.7 Å². The van der Waals surface area contributed by atoms with Crippen molar-refractivity contribution in [2.24, 2.45) is 5.92 Å². The first-order chi connectivity index (χ1) is 11.8. The predicted octanol–water partition coefficient (Wildman–Crippen LogP) is 4.93. The molecular formula is C19H17BrF3NO. The second kappa shape index (κ2) is 7.20. The highest BCUT2D eigenvalue weighted by Gasteiger charge is 2.43. The lowest BCUT2D eigenvalue weighted by atomic mass is 10.1. The van der Waals surface area contributed by atoms with Crippen LogP contribution in [0.2, 0.25) is 0 Å². The molecule has 2 atom stereocenters. The zero-order valence-corrected chi connectivity index (χ0v) is 14.9. The quantitative estimate of drug-likeness (QED) is 0.742. The summed E-state index contributed by atoms with van der Waals surface area (Å²) < 4.78 is 38.5. The van der Waals surface area contributed by atoms with E-state index in [0.717, 1.165) is 34.2 Å². The smallest absolute Gasteiger partial charge is 0.356 e. The summed E-state index contributed by atoms with van der Waals surface area (Å²) in [4.78, 5) is 12.2. The first kappa shape index (κ1) is 18.0. The van der Waals surface area contributed by atoms with Gasteiger partial charge in [-0.15, -0.1) is 0 Å². The zero-order chi connectivity index (χ0) is 18.0. The fraction of sp³-hybridized carbons (Fsp3) is 0.316. The SMILES string of the molecule is O=C(NCCc1ccc(C(F)(F)F)cc1)C1CC1c1cccc(Br)c1. The van der Waals surface area contributed by atoms with Crippen LogP contribution in [0.4, 0.5) is 13.2 Å². The van der Waals surface area contributed by atoms with Crippen molar-refractivity contribution >= 4 is 21.8 Å². The number of carbonyl (C=O) groups excluding carboxylic acids is 1. The summed E-state index contributed by atoms with van der Waals surface area (Å²) in [5.41, 5.74) is 1.26. The Balaban J connectivity index is 1.46. The molecule has 0 heterocycles. The van der Waals surface area contributed by atoms with E-state index < -0.39 is 11.7 Å². The third-order valence-corrected chi connectivity index (χ3v) is 4.89. The molecule has 2 aromatic rings.